The molecule has 0 amide bonds. The molecule has 1 aliphatic heterocycles. The van der Waals surface area contributed by atoms with Crippen LogP contribution in [-0.4, -0.2) is 37.5 Å². The van der Waals surface area contributed by atoms with Gasteiger partial charge in [0.25, 0.3) is 0 Å². The highest BCUT2D eigenvalue weighted by Crippen LogP contribution is 2.27. The first kappa shape index (κ1) is 13.3. The Balaban J connectivity index is 1.75. The van der Waals surface area contributed by atoms with E-state index in [0.717, 1.165) is 11.4 Å². The maximum absolute atomic E-state index is 13.3. The van der Waals surface area contributed by atoms with E-state index >= 15 is 0 Å². The number of hydrogen-bond acceptors (Lipinski definition) is 6. The number of aromatic nitrogens is 5. The SMILES string of the molecule is Cc1cc(C)n2ncc(-c3noc([C@H]4C[C@H](F)CN4)n3)c2n1. The van der Waals surface area contributed by atoms with Crippen LogP contribution in [-0.2, 0) is 0 Å². The molecule has 0 saturated carbocycles. The minimum absolute atomic E-state index is 0.227. The zero-order valence-electron chi connectivity index (χ0n) is 12.2. The van der Waals surface area contributed by atoms with Gasteiger partial charge >= 0.3 is 0 Å². The van der Waals surface area contributed by atoms with Crippen LogP contribution in [0.15, 0.2) is 16.8 Å². The molecule has 3 aromatic heterocycles. The quantitative estimate of drug-likeness (QED) is 0.777. The molecule has 0 aliphatic carbocycles. The van der Waals surface area contributed by atoms with Gasteiger partial charge in [0.2, 0.25) is 11.7 Å². The summed E-state index contributed by atoms with van der Waals surface area (Å²) in [4.78, 5) is 8.87. The molecule has 2 atom stereocenters. The fraction of sp³-hybridized carbons (Fsp3) is 0.429. The zero-order valence-corrected chi connectivity index (χ0v) is 12.2. The monoisotopic (exact) mass is 302 g/mol. The summed E-state index contributed by atoms with van der Waals surface area (Å²) < 4.78 is 20.3. The minimum Gasteiger partial charge on any atom is -0.337 e. The Morgan fingerprint density at radius 3 is 3.00 bits per heavy atom. The van der Waals surface area contributed by atoms with Crippen LogP contribution in [0.1, 0.15) is 29.7 Å². The molecule has 22 heavy (non-hydrogen) atoms. The summed E-state index contributed by atoms with van der Waals surface area (Å²) in [6.07, 6.45) is 1.15. The normalized spacial score (nSPS) is 21.8. The maximum atomic E-state index is 13.3. The predicted octanol–water partition coefficient (Wildman–Crippen LogP) is 1.77. The molecule has 114 valence electrons. The molecule has 1 saturated heterocycles. The number of fused-ring (bicyclic) bond motifs is 1. The summed E-state index contributed by atoms with van der Waals surface area (Å²) in [5.41, 5.74) is 3.27. The molecule has 0 radical (unpaired) electrons. The van der Waals surface area contributed by atoms with E-state index in [9.17, 15) is 4.39 Å². The largest absolute Gasteiger partial charge is 0.337 e. The van der Waals surface area contributed by atoms with E-state index in [1.54, 1.807) is 10.7 Å². The van der Waals surface area contributed by atoms with Crippen molar-refractivity contribution in [2.45, 2.75) is 32.5 Å². The van der Waals surface area contributed by atoms with Crippen molar-refractivity contribution in [1.82, 2.24) is 30.1 Å². The molecular weight excluding hydrogens is 287 g/mol. The minimum atomic E-state index is -0.871. The Hall–Kier alpha value is -2.35. The van der Waals surface area contributed by atoms with Gasteiger partial charge in [0.15, 0.2) is 5.65 Å². The third kappa shape index (κ3) is 2.07. The lowest BCUT2D eigenvalue weighted by molar-refractivity contribution is 0.324. The number of rotatable bonds is 2. The van der Waals surface area contributed by atoms with Crippen LogP contribution in [0, 0.1) is 13.8 Å². The van der Waals surface area contributed by atoms with Gasteiger partial charge in [0, 0.05) is 24.4 Å². The molecule has 0 spiro atoms. The lowest BCUT2D eigenvalue weighted by Crippen LogP contribution is -2.14. The van der Waals surface area contributed by atoms with Gasteiger partial charge in [-0.05, 0) is 19.9 Å². The van der Waals surface area contributed by atoms with Crippen LogP contribution < -0.4 is 5.32 Å². The number of hydrogen-bond donors (Lipinski definition) is 1. The Bertz CT molecular complexity index is 841. The number of aryl methyl sites for hydroxylation is 2. The van der Waals surface area contributed by atoms with Crippen LogP contribution in [0.5, 0.6) is 0 Å². The number of halogens is 1. The average molecular weight is 302 g/mol. The van der Waals surface area contributed by atoms with Gasteiger partial charge in [-0.25, -0.2) is 13.9 Å². The Kier molecular flexibility index (Phi) is 2.93. The van der Waals surface area contributed by atoms with Crippen LogP contribution in [0.4, 0.5) is 4.39 Å². The number of nitrogens with zero attached hydrogens (tertiary/aromatic N) is 5. The zero-order chi connectivity index (χ0) is 15.3. The van der Waals surface area contributed by atoms with E-state index in [-0.39, 0.29) is 6.04 Å². The van der Waals surface area contributed by atoms with Gasteiger partial charge in [0.1, 0.15) is 6.17 Å². The van der Waals surface area contributed by atoms with Crippen molar-refractivity contribution < 1.29 is 8.91 Å². The molecular formula is C14H15FN6O. The van der Waals surface area contributed by atoms with Crippen molar-refractivity contribution in [3.63, 3.8) is 0 Å². The van der Waals surface area contributed by atoms with Crippen molar-refractivity contribution in [3.8, 4) is 11.4 Å². The molecule has 1 aliphatic rings. The van der Waals surface area contributed by atoms with E-state index in [2.05, 4.69) is 25.5 Å². The van der Waals surface area contributed by atoms with Crippen LogP contribution in [0.2, 0.25) is 0 Å². The molecule has 1 fully saturated rings. The van der Waals surface area contributed by atoms with Crippen molar-refractivity contribution in [1.29, 1.82) is 0 Å². The summed E-state index contributed by atoms with van der Waals surface area (Å²) >= 11 is 0. The molecule has 0 bridgehead atoms. The molecule has 7 nitrogen and oxygen atoms in total. The summed E-state index contributed by atoms with van der Waals surface area (Å²) in [7, 11) is 0. The van der Waals surface area contributed by atoms with Crippen LogP contribution >= 0.6 is 0 Å². The molecule has 4 heterocycles. The van der Waals surface area contributed by atoms with Gasteiger partial charge in [-0.1, -0.05) is 5.16 Å². The van der Waals surface area contributed by atoms with Gasteiger partial charge in [-0.15, -0.1) is 0 Å². The molecule has 0 aromatic carbocycles. The molecule has 4 rings (SSSR count). The Labute approximate surface area is 125 Å². The van der Waals surface area contributed by atoms with Crippen molar-refractivity contribution in [3.05, 3.63) is 29.5 Å². The van der Waals surface area contributed by atoms with Crippen molar-refractivity contribution in [2.24, 2.45) is 0 Å². The van der Waals surface area contributed by atoms with Crippen LogP contribution in [0.25, 0.3) is 17.0 Å². The van der Waals surface area contributed by atoms with E-state index in [1.807, 2.05) is 19.9 Å². The fourth-order valence-corrected chi connectivity index (χ4v) is 2.80. The van der Waals surface area contributed by atoms with Gasteiger partial charge < -0.3 is 9.84 Å². The van der Waals surface area contributed by atoms with E-state index < -0.39 is 6.17 Å². The smallest absolute Gasteiger partial charge is 0.244 e. The van der Waals surface area contributed by atoms with Crippen molar-refractivity contribution >= 4 is 5.65 Å². The standard InChI is InChI=1S/C14H15FN6O/c1-7-3-8(2)21-13(18-7)10(6-17-21)12-19-14(22-20-12)11-4-9(15)5-16-11/h3,6,9,11,16H,4-5H2,1-2H3/t9-,11+/m0/s1. The predicted molar refractivity (Wildman–Crippen MR) is 76.0 cm³/mol. The molecule has 8 heteroatoms. The fourth-order valence-electron chi connectivity index (χ4n) is 2.80. The second kappa shape index (κ2) is 4.84. The van der Waals surface area contributed by atoms with E-state index in [0.29, 0.717) is 35.9 Å². The lowest BCUT2D eigenvalue weighted by atomic mass is 10.2. The number of alkyl halides is 1. The Morgan fingerprint density at radius 2 is 2.23 bits per heavy atom. The van der Waals surface area contributed by atoms with Crippen molar-refractivity contribution in [2.75, 3.05) is 6.54 Å². The van der Waals surface area contributed by atoms with Gasteiger partial charge in [-0.2, -0.15) is 10.1 Å². The topological polar surface area (TPSA) is 81.1 Å². The van der Waals surface area contributed by atoms with Crippen LogP contribution in [0.3, 0.4) is 0 Å². The highest BCUT2D eigenvalue weighted by Gasteiger charge is 2.29. The molecule has 0 unspecified atom stereocenters. The van der Waals surface area contributed by atoms with Gasteiger partial charge in [-0.3, -0.25) is 0 Å². The lowest BCUT2D eigenvalue weighted by Gasteiger charge is -2.01. The first-order valence-electron chi connectivity index (χ1n) is 7.15. The summed E-state index contributed by atoms with van der Waals surface area (Å²) in [5, 5.41) is 11.3. The molecule has 3 aromatic rings. The average Bonchev–Trinajstić information content (AvgIpc) is 3.15. The molecule has 1 N–H and O–H groups in total. The second-order valence-corrected chi connectivity index (χ2v) is 5.58. The summed E-state index contributed by atoms with van der Waals surface area (Å²) in [5.74, 6) is 0.825. The van der Waals surface area contributed by atoms with E-state index in [1.165, 1.54) is 0 Å². The number of nitrogens with one attached hydrogen (secondary N) is 1. The van der Waals surface area contributed by atoms with E-state index in [4.69, 9.17) is 4.52 Å². The third-order valence-corrected chi connectivity index (χ3v) is 3.84. The second-order valence-electron chi connectivity index (χ2n) is 5.58. The summed E-state index contributed by atoms with van der Waals surface area (Å²) in [6.45, 7) is 4.21. The third-order valence-electron chi connectivity index (χ3n) is 3.84. The maximum Gasteiger partial charge on any atom is 0.244 e. The first-order valence-corrected chi connectivity index (χ1v) is 7.15. The van der Waals surface area contributed by atoms with Gasteiger partial charge in [0.05, 0.1) is 17.8 Å². The highest BCUT2D eigenvalue weighted by atomic mass is 19.1. The first-order chi connectivity index (χ1) is 10.6. The summed E-state index contributed by atoms with van der Waals surface area (Å²) in [6, 6.07) is 1.73. The Morgan fingerprint density at radius 1 is 1.36 bits per heavy atom. The highest BCUT2D eigenvalue weighted by molar-refractivity contribution is 5.72.